The lowest BCUT2D eigenvalue weighted by Crippen LogP contribution is -2.39. The summed E-state index contributed by atoms with van der Waals surface area (Å²) in [7, 11) is 0. The normalized spacial score (nSPS) is 11.6. The number of thiazole rings is 1. The molecule has 1 unspecified atom stereocenters. The molecular weight excluding hydrogens is 405 g/mol. The molecule has 0 saturated heterocycles. The van der Waals surface area contributed by atoms with Crippen LogP contribution in [0.1, 0.15) is 27.0 Å². The molecule has 27 heavy (non-hydrogen) atoms. The van der Waals surface area contributed by atoms with E-state index in [1.54, 1.807) is 12.3 Å². The first-order chi connectivity index (χ1) is 13.0. The number of amides is 2. The van der Waals surface area contributed by atoms with E-state index in [2.05, 4.69) is 15.6 Å². The van der Waals surface area contributed by atoms with Gasteiger partial charge in [0.1, 0.15) is 11.0 Å². The van der Waals surface area contributed by atoms with Gasteiger partial charge in [0, 0.05) is 16.6 Å². The lowest BCUT2D eigenvalue weighted by atomic mass is 10.1. The first kappa shape index (κ1) is 19.4. The topological polar surface area (TPSA) is 71.1 Å². The SMILES string of the molecule is O=C(CNC(=O)c1ccc(Cl)cc1Cl)NC(c1ccccc1)c1nccs1. The summed E-state index contributed by atoms with van der Waals surface area (Å²) in [5, 5.41) is 8.75. The molecule has 3 aromatic rings. The second-order valence-electron chi connectivity index (χ2n) is 5.59. The third kappa shape index (κ3) is 5.07. The number of nitrogens with zero attached hydrogens (tertiary/aromatic N) is 1. The molecule has 138 valence electrons. The standard InChI is InChI=1S/C19H15Cl2N3O2S/c20-13-6-7-14(15(21)10-13)18(26)23-11-16(25)24-17(19-22-8-9-27-19)12-4-2-1-3-5-12/h1-10,17H,11H2,(H,23,26)(H,24,25). The van der Waals surface area contributed by atoms with Crippen LogP contribution in [0.25, 0.3) is 0 Å². The predicted molar refractivity (Wildman–Crippen MR) is 107 cm³/mol. The highest BCUT2D eigenvalue weighted by atomic mass is 35.5. The van der Waals surface area contributed by atoms with Crippen molar-refractivity contribution < 1.29 is 9.59 Å². The maximum atomic E-state index is 12.4. The van der Waals surface area contributed by atoms with Gasteiger partial charge in [-0.1, -0.05) is 53.5 Å². The quantitative estimate of drug-likeness (QED) is 0.631. The Bertz CT molecular complexity index is 933. The van der Waals surface area contributed by atoms with E-state index in [9.17, 15) is 9.59 Å². The Morgan fingerprint density at radius 3 is 2.56 bits per heavy atom. The van der Waals surface area contributed by atoms with Gasteiger partial charge in [-0.2, -0.15) is 0 Å². The molecule has 2 N–H and O–H groups in total. The molecular formula is C19H15Cl2N3O2S. The highest BCUT2D eigenvalue weighted by Gasteiger charge is 2.20. The zero-order valence-corrected chi connectivity index (χ0v) is 16.3. The number of nitrogens with one attached hydrogen (secondary N) is 2. The van der Waals surface area contributed by atoms with E-state index < -0.39 is 5.91 Å². The van der Waals surface area contributed by atoms with Crippen molar-refractivity contribution in [1.82, 2.24) is 15.6 Å². The van der Waals surface area contributed by atoms with E-state index in [0.717, 1.165) is 10.6 Å². The van der Waals surface area contributed by atoms with Crippen molar-refractivity contribution in [1.29, 1.82) is 0 Å². The summed E-state index contributed by atoms with van der Waals surface area (Å²) in [6.07, 6.45) is 1.69. The van der Waals surface area contributed by atoms with E-state index in [0.29, 0.717) is 5.02 Å². The fraction of sp³-hybridized carbons (Fsp3) is 0.105. The van der Waals surface area contributed by atoms with Gasteiger partial charge in [-0.3, -0.25) is 9.59 Å². The first-order valence-corrected chi connectivity index (χ1v) is 9.65. The average molecular weight is 420 g/mol. The largest absolute Gasteiger partial charge is 0.343 e. The summed E-state index contributed by atoms with van der Waals surface area (Å²) >= 11 is 13.3. The minimum Gasteiger partial charge on any atom is -0.343 e. The van der Waals surface area contributed by atoms with Crippen LogP contribution >= 0.6 is 34.5 Å². The van der Waals surface area contributed by atoms with Crippen molar-refractivity contribution in [2.45, 2.75) is 6.04 Å². The fourth-order valence-electron chi connectivity index (χ4n) is 2.45. The van der Waals surface area contributed by atoms with Crippen molar-refractivity contribution in [2.24, 2.45) is 0 Å². The van der Waals surface area contributed by atoms with Gasteiger partial charge in [-0.05, 0) is 23.8 Å². The average Bonchev–Trinajstić information content (AvgIpc) is 3.19. The molecule has 5 nitrogen and oxygen atoms in total. The minimum atomic E-state index is -0.447. The summed E-state index contributed by atoms with van der Waals surface area (Å²) in [6, 6.07) is 13.7. The van der Waals surface area contributed by atoms with Crippen LogP contribution in [0, 0.1) is 0 Å². The molecule has 2 amide bonds. The molecule has 0 aliphatic heterocycles. The number of halogens is 2. The van der Waals surface area contributed by atoms with E-state index in [1.165, 1.54) is 23.5 Å². The number of benzene rings is 2. The Hall–Kier alpha value is -2.41. The Balaban J connectivity index is 1.65. The summed E-state index contributed by atoms with van der Waals surface area (Å²) in [4.78, 5) is 28.9. The Morgan fingerprint density at radius 1 is 1.11 bits per heavy atom. The summed E-state index contributed by atoms with van der Waals surface area (Å²) in [5.41, 5.74) is 1.17. The van der Waals surface area contributed by atoms with Crippen LogP contribution in [0.2, 0.25) is 10.0 Å². The third-order valence-electron chi connectivity index (χ3n) is 3.72. The number of hydrogen-bond donors (Lipinski definition) is 2. The second-order valence-corrected chi connectivity index (χ2v) is 7.36. The molecule has 0 saturated carbocycles. The summed E-state index contributed by atoms with van der Waals surface area (Å²) in [5.74, 6) is -0.783. The molecule has 1 atom stereocenters. The van der Waals surface area contributed by atoms with Crippen molar-refractivity contribution >= 4 is 46.4 Å². The highest BCUT2D eigenvalue weighted by Crippen LogP contribution is 2.23. The molecule has 3 rings (SSSR count). The van der Waals surface area contributed by atoms with E-state index in [-0.39, 0.29) is 29.1 Å². The van der Waals surface area contributed by atoms with Gasteiger partial charge >= 0.3 is 0 Å². The van der Waals surface area contributed by atoms with Crippen LogP contribution in [0.15, 0.2) is 60.1 Å². The van der Waals surface area contributed by atoms with Crippen LogP contribution in [-0.2, 0) is 4.79 Å². The van der Waals surface area contributed by atoms with Crippen molar-refractivity contribution in [3.63, 3.8) is 0 Å². The number of rotatable bonds is 6. The maximum absolute atomic E-state index is 12.4. The Kier molecular flexibility index (Phi) is 6.45. The van der Waals surface area contributed by atoms with Crippen molar-refractivity contribution in [3.05, 3.63) is 86.3 Å². The van der Waals surface area contributed by atoms with Gasteiger partial charge < -0.3 is 10.6 Å². The van der Waals surface area contributed by atoms with Gasteiger partial charge in [0.15, 0.2) is 0 Å². The number of carbonyl (C=O) groups is 2. The molecule has 0 aliphatic carbocycles. The molecule has 0 bridgehead atoms. The van der Waals surface area contributed by atoms with E-state index in [1.807, 2.05) is 35.7 Å². The van der Waals surface area contributed by atoms with Gasteiger partial charge in [0.25, 0.3) is 5.91 Å². The molecule has 0 spiro atoms. The molecule has 1 heterocycles. The third-order valence-corrected chi connectivity index (χ3v) is 5.11. The van der Waals surface area contributed by atoms with Crippen LogP contribution in [0.4, 0.5) is 0 Å². The van der Waals surface area contributed by atoms with Crippen LogP contribution in [0.5, 0.6) is 0 Å². The zero-order valence-electron chi connectivity index (χ0n) is 14.0. The maximum Gasteiger partial charge on any atom is 0.253 e. The highest BCUT2D eigenvalue weighted by molar-refractivity contribution is 7.09. The molecule has 0 fully saturated rings. The van der Waals surface area contributed by atoms with Crippen LogP contribution in [-0.4, -0.2) is 23.3 Å². The monoisotopic (exact) mass is 419 g/mol. The molecule has 0 radical (unpaired) electrons. The second kappa shape index (κ2) is 8.99. The molecule has 1 aromatic heterocycles. The van der Waals surface area contributed by atoms with Gasteiger partial charge in [0.2, 0.25) is 5.91 Å². The number of hydrogen-bond acceptors (Lipinski definition) is 4. The predicted octanol–water partition coefficient (Wildman–Crippen LogP) is 4.09. The minimum absolute atomic E-state index is 0.188. The lowest BCUT2D eigenvalue weighted by Gasteiger charge is -2.17. The van der Waals surface area contributed by atoms with Crippen molar-refractivity contribution in [3.8, 4) is 0 Å². The van der Waals surface area contributed by atoms with Gasteiger partial charge in [0.05, 0.1) is 17.1 Å². The number of aromatic nitrogens is 1. The fourth-order valence-corrected chi connectivity index (χ4v) is 3.66. The van der Waals surface area contributed by atoms with Crippen LogP contribution in [0.3, 0.4) is 0 Å². The van der Waals surface area contributed by atoms with Gasteiger partial charge in [-0.25, -0.2) is 4.98 Å². The van der Waals surface area contributed by atoms with Crippen molar-refractivity contribution in [2.75, 3.05) is 6.54 Å². The summed E-state index contributed by atoms with van der Waals surface area (Å²) in [6.45, 7) is -0.188. The Labute approximate surface area is 170 Å². The zero-order chi connectivity index (χ0) is 19.2. The smallest absolute Gasteiger partial charge is 0.253 e. The molecule has 0 aliphatic rings. The molecule has 8 heteroatoms. The van der Waals surface area contributed by atoms with E-state index in [4.69, 9.17) is 23.2 Å². The first-order valence-electron chi connectivity index (χ1n) is 8.01. The van der Waals surface area contributed by atoms with E-state index >= 15 is 0 Å². The number of carbonyl (C=O) groups excluding carboxylic acids is 2. The lowest BCUT2D eigenvalue weighted by molar-refractivity contribution is -0.120. The van der Waals surface area contributed by atoms with Crippen LogP contribution < -0.4 is 10.6 Å². The van der Waals surface area contributed by atoms with Gasteiger partial charge in [-0.15, -0.1) is 11.3 Å². The summed E-state index contributed by atoms with van der Waals surface area (Å²) < 4.78 is 0. The molecule has 2 aromatic carbocycles. The Morgan fingerprint density at radius 2 is 1.89 bits per heavy atom.